The average molecular weight is 434 g/mol. The summed E-state index contributed by atoms with van der Waals surface area (Å²) in [5.41, 5.74) is 6.12. The van der Waals surface area contributed by atoms with Crippen molar-refractivity contribution in [3.8, 4) is 5.69 Å². The van der Waals surface area contributed by atoms with E-state index in [1.54, 1.807) is 0 Å². The maximum absolute atomic E-state index is 13.9. The minimum Gasteiger partial charge on any atom is -0.381 e. The third-order valence-electron chi connectivity index (χ3n) is 6.63. The summed E-state index contributed by atoms with van der Waals surface area (Å²) in [6.07, 6.45) is 1.36. The number of ether oxygens (including phenoxy) is 1. The zero-order chi connectivity index (χ0) is 21.4. The van der Waals surface area contributed by atoms with E-state index in [1.807, 2.05) is 34.6 Å². The van der Waals surface area contributed by atoms with E-state index in [-0.39, 0.29) is 5.91 Å². The first-order chi connectivity index (χ1) is 15.1. The second-order valence-corrected chi connectivity index (χ2v) is 9.45. The fourth-order valence-corrected chi connectivity index (χ4v) is 5.57. The zero-order valence-corrected chi connectivity index (χ0v) is 18.8. The monoisotopic (exact) mass is 433 g/mol. The molecule has 3 heterocycles. The molecule has 1 N–H and O–H groups in total. The molecule has 1 aromatic heterocycles. The van der Waals surface area contributed by atoms with Crippen LogP contribution in [0.5, 0.6) is 0 Å². The minimum absolute atomic E-state index is 0.0340. The molecule has 1 amide bonds. The van der Waals surface area contributed by atoms with Gasteiger partial charge in [0.15, 0.2) is 0 Å². The van der Waals surface area contributed by atoms with E-state index in [0.29, 0.717) is 26.1 Å². The van der Waals surface area contributed by atoms with Crippen molar-refractivity contribution in [2.75, 3.05) is 18.5 Å². The van der Waals surface area contributed by atoms with Crippen molar-refractivity contribution in [1.82, 2.24) is 9.78 Å². The highest BCUT2D eigenvalue weighted by molar-refractivity contribution is 7.98. The Balaban J connectivity index is 1.56. The topological polar surface area (TPSA) is 56.2 Å². The molecule has 1 fully saturated rings. The lowest BCUT2D eigenvalue weighted by Crippen LogP contribution is -2.45. The van der Waals surface area contributed by atoms with Gasteiger partial charge in [0.2, 0.25) is 5.91 Å². The number of rotatable bonds is 4. The largest absolute Gasteiger partial charge is 0.381 e. The van der Waals surface area contributed by atoms with Crippen LogP contribution >= 0.6 is 11.8 Å². The Bertz CT molecular complexity index is 1120. The van der Waals surface area contributed by atoms with Crippen LogP contribution in [0, 0.1) is 13.8 Å². The summed E-state index contributed by atoms with van der Waals surface area (Å²) in [6, 6.07) is 16.5. The highest BCUT2D eigenvalue weighted by Crippen LogP contribution is 2.40. The summed E-state index contributed by atoms with van der Waals surface area (Å²) in [7, 11) is 0. The molecule has 6 heteroatoms. The first-order valence-corrected chi connectivity index (χ1v) is 11.9. The van der Waals surface area contributed by atoms with Crippen molar-refractivity contribution >= 4 is 23.5 Å². The lowest BCUT2D eigenvalue weighted by atomic mass is 9.73. The Hall–Kier alpha value is -2.57. The highest BCUT2D eigenvalue weighted by atomic mass is 32.2. The second-order valence-electron chi connectivity index (χ2n) is 8.46. The van der Waals surface area contributed by atoms with Gasteiger partial charge in [0, 0.05) is 30.3 Å². The van der Waals surface area contributed by atoms with Crippen LogP contribution in [-0.2, 0) is 26.5 Å². The molecule has 160 valence electrons. The van der Waals surface area contributed by atoms with Crippen molar-refractivity contribution in [3.63, 3.8) is 0 Å². The molecule has 2 aliphatic rings. The molecule has 0 aliphatic carbocycles. The third kappa shape index (κ3) is 3.58. The number of anilines is 1. The SMILES string of the molecule is Cc1ccc(-n2nc3c(c2NC(=O)C2(c4ccccc4)CCOCC2)CSC3)cc1C. The smallest absolute Gasteiger partial charge is 0.236 e. The van der Waals surface area contributed by atoms with Gasteiger partial charge < -0.3 is 10.1 Å². The Morgan fingerprint density at radius 2 is 1.84 bits per heavy atom. The Kier molecular flexibility index (Phi) is 5.36. The van der Waals surface area contributed by atoms with E-state index in [9.17, 15) is 4.79 Å². The highest BCUT2D eigenvalue weighted by Gasteiger charge is 2.42. The zero-order valence-electron chi connectivity index (χ0n) is 18.0. The molecule has 5 rings (SSSR count). The summed E-state index contributed by atoms with van der Waals surface area (Å²) >= 11 is 1.84. The fraction of sp³-hybridized carbons (Fsp3) is 0.360. The second kappa shape index (κ2) is 8.17. The van der Waals surface area contributed by atoms with E-state index in [2.05, 4.69) is 49.5 Å². The summed E-state index contributed by atoms with van der Waals surface area (Å²) < 4.78 is 7.55. The summed E-state index contributed by atoms with van der Waals surface area (Å²) in [5, 5.41) is 8.21. The maximum atomic E-state index is 13.9. The molecule has 0 bridgehead atoms. The number of carbonyl (C=O) groups excluding carboxylic acids is 1. The quantitative estimate of drug-likeness (QED) is 0.634. The molecule has 5 nitrogen and oxygen atoms in total. The number of hydrogen-bond acceptors (Lipinski definition) is 4. The molecule has 0 saturated carbocycles. The number of benzene rings is 2. The molecule has 2 aliphatic heterocycles. The number of aryl methyl sites for hydroxylation is 2. The van der Waals surface area contributed by atoms with Crippen molar-refractivity contribution in [2.24, 2.45) is 0 Å². The van der Waals surface area contributed by atoms with Gasteiger partial charge in [0.05, 0.1) is 16.8 Å². The number of hydrogen-bond donors (Lipinski definition) is 1. The predicted octanol–water partition coefficient (Wildman–Crippen LogP) is 4.92. The molecule has 3 aromatic rings. The first-order valence-electron chi connectivity index (χ1n) is 10.8. The van der Waals surface area contributed by atoms with Gasteiger partial charge in [0.1, 0.15) is 5.82 Å². The van der Waals surface area contributed by atoms with E-state index in [0.717, 1.165) is 39.8 Å². The summed E-state index contributed by atoms with van der Waals surface area (Å²) in [6.45, 7) is 5.40. The Morgan fingerprint density at radius 1 is 1.06 bits per heavy atom. The Morgan fingerprint density at radius 3 is 2.58 bits per heavy atom. The minimum atomic E-state index is -0.587. The number of aromatic nitrogens is 2. The Labute approximate surface area is 187 Å². The summed E-state index contributed by atoms with van der Waals surface area (Å²) in [4.78, 5) is 13.9. The number of thioether (sulfide) groups is 1. The van der Waals surface area contributed by atoms with Gasteiger partial charge in [-0.2, -0.15) is 16.9 Å². The van der Waals surface area contributed by atoms with Gasteiger partial charge in [-0.25, -0.2) is 4.68 Å². The number of carbonyl (C=O) groups is 1. The van der Waals surface area contributed by atoms with Crippen LogP contribution in [0.4, 0.5) is 5.82 Å². The van der Waals surface area contributed by atoms with Crippen molar-refractivity contribution in [3.05, 3.63) is 76.5 Å². The van der Waals surface area contributed by atoms with E-state index < -0.39 is 5.41 Å². The lowest BCUT2D eigenvalue weighted by molar-refractivity contribution is -0.125. The van der Waals surface area contributed by atoms with E-state index >= 15 is 0 Å². The standard InChI is InChI=1S/C25H27N3O2S/c1-17-8-9-20(14-18(17)2)28-23(21-15-31-16-22(21)27-28)26-24(29)25(10-12-30-13-11-25)19-6-4-3-5-7-19/h3-9,14H,10-13,15-16H2,1-2H3,(H,26,29). The van der Waals surface area contributed by atoms with E-state index in [1.165, 1.54) is 11.1 Å². The molecule has 2 aromatic carbocycles. The van der Waals surface area contributed by atoms with Crippen LogP contribution in [0.3, 0.4) is 0 Å². The van der Waals surface area contributed by atoms with Gasteiger partial charge in [-0.05, 0) is 55.5 Å². The van der Waals surface area contributed by atoms with Crippen molar-refractivity contribution in [1.29, 1.82) is 0 Å². The van der Waals surface area contributed by atoms with Crippen LogP contribution in [-0.4, -0.2) is 28.9 Å². The van der Waals surface area contributed by atoms with Gasteiger partial charge in [-0.15, -0.1) is 0 Å². The number of amides is 1. The van der Waals surface area contributed by atoms with E-state index in [4.69, 9.17) is 9.84 Å². The number of fused-ring (bicyclic) bond motifs is 1. The van der Waals surface area contributed by atoms with Gasteiger partial charge in [-0.1, -0.05) is 36.4 Å². The maximum Gasteiger partial charge on any atom is 0.236 e. The van der Waals surface area contributed by atoms with Crippen LogP contribution in [0.2, 0.25) is 0 Å². The van der Waals surface area contributed by atoms with Crippen LogP contribution in [0.25, 0.3) is 5.69 Å². The molecule has 1 saturated heterocycles. The summed E-state index contributed by atoms with van der Waals surface area (Å²) in [5.74, 6) is 2.60. The van der Waals surface area contributed by atoms with Crippen LogP contribution < -0.4 is 5.32 Å². The molecule has 0 unspecified atom stereocenters. The number of nitrogens with one attached hydrogen (secondary N) is 1. The van der Waals surface area contributed by atoms with Gasteiger partial charge in [-0.3, -0.25) is 4.79 Å². The molecule has 0 radical (unpaired) electrons. The van der Waals surface area contributed by atoms with Crippen molar-refractivity contribution < 1.29 is 9.53 Å². The molecule has 0 spiro atoms. The first kappa shape index (κ1) is 20.3. The molecular weight excluding hydrogens is 406 g/mol. The van der Waals surface area contributed by atoms with Gasteiger partial charge in [0.25, 0.3) is 0 Å². The van der Waals surface area contributed by atoms with Gasteiger partial charge >= 0.3 is 0 Å². The average Bonchev–Trinajstić information content (AvgIpc) is 3.39. The van der Waals surface area contributed by atoms with Crippen LogP contribution in [0.15, 0.2) is 48.5 Å². The predicted molar refractivity (Wildman–Crippen MR) is 125 cm³/mol. The number of nitrogens with zero attached hydrogens (tertiary/aromatic N) is 2. The third-order valence-corrected chi connectivity index (χ3v) is 7.60. The lowest BCUT2D eigenvalue weighted by Gasteiger charge is -2.36. The van der Waals surface area contributed by atoms with Crippen molar-refractivity contribution in [2.45, 2.75) is 43.6 Å². The van der Waals surface area contributed by atoms with Crippen LogP contribution in [0.1, 0.15) is 40.8 Å². The molecule has 0 atom stereocenters. The molecular formula is C25H27N3O2S. The molecule has 31 heavy (non-hydrogen) atoms. The fourth-order valence-electron chi connectivity index (χ4n) is 4.54. The normalized spacial score (nSPS) is 17.4.